The molecule has 18 heavy (non-hydrogen) atoms. The first-order chi connectivity index (χ1) is 8.56. The Kier molecular flexibility index (Phi) is 3.93. The van der Waals surface area contributed by atoms with Gasteiger partial charge in [0.05, 0.1) is 0 Å². The van der Waals surface area contributed by atoms with Gasteiger partial charge in [-0.05, 0) is 56.3 Å². The molecule has 0 radical (unpaired) electrons. The lowest BCUT2D eigenvalue weighted by atomic mass is 10.2. The highest BCUT2D eigenvalue weighted by Crippen LogP contribution is 2.24. The number of rotatable bonds is 3. The second kappa shape index (κ2) is 5.46. The van der Waals surface area contributed by atoms with E-state index < -0.39 is 0 Å². The van der Waals surface area contributed by atoms with Gasteiger partial charge >= 0.3 is 0 Å². The van der Waals surface area contributed by atoms with E-state index in [1.54, 1.807) is 0 Å². The highest BCUT2D eigenvalue weighted by molar-refractivity contribution is 7.99. The van der Waals surface area contributed by atoms with E-state index in [0.29, 0.717) is 6.54 Å². The second-order valence-electron chi connectivity index (χ2n) is 4.19. The van der Waals surface area contributed by atoms with Gasteiger partial charge in [-0.25, -0.2) is 15.0 Å². The lowest BCUT2D eigenvalue weighted by Gasteiger charge is -2.05. The van der Waals surface area contributed by atoms with Crippen molar-refractivity contribution in [1.29, 1.82) is 0 Å². The molecule has 0 spiro atoms. The number of aryl methyl sites for hydroxylation is 3. The Labute approximate surface area is 111 Å². The molecular weight excluding hydrogens is 244 g/mol. The highest BCUT2D eigenvalue weighted by Gasteiger charge is 2.05. The minimum absolute atomic E-state index is 0.518. The largest absolute Gasteiger partial charge is 0.326 e. The van der Waals surface area contributed by atoms with Crippen molar-refractivity contribution < 1.29 is 0 Å². The molecule has 2 aromatic rings. The van der Waals surface area contributed by atoms with E-state index >= 15 is 0 Å². The number of nitrogens with zero attached hydrogens (tertiary/aromatic N) is 3. The summed E-state index contributed by atoms with van der Waals surface area (Å²) >= 11 is 1.47. The molecule has 0 unspecified atom stereocenters. The molecule has 0 bridgehead atoms. The summed E-state index contributed by atoms with van der Waals surface area (Å²) in [5.41, 5.74) is 9.64. The molecular formula is C13H16N4S. The van der Waals surface area contributed by atoms with Crippen molar-refractivity contribution in [2.24, 2.45) is 5.73 Å². The van der Waals surface area contributed by atoms with E-state index in [1.165, 1.54) is 11.8 Å². The number of pyridine rings is 1. The molecule has 94 valence electrons. The number of aromatic nitrogens is 3. The van der Waals surface area contributed by atoms with Gasteiger partial charge in [-0.3, -0.25) is 0 Å². The predicted octanol–water partition coefficient (Wildman–Crippen LogP) is 2.41. The highest BCUT2D eigenvalue weighted by atomic mass is 32.2. The summed E-state index contributed by atoms with van der Waals surface area (Å²) in [4.78, 5) is 13.3. The van der Waals surface area contributed by atoms with Crippen LogP contribution in [0.2, 0.25) is 0 Å². The fourth-order valence-electron chi connectivity index (χ4n) is 1.71. The van der Waals surface area contributed by atoms with Crippen LogP contribution in [0.5, 0.6) is 0 Å². The van der Waals surface area contributed by atoms with Gasteiger partial charge in [0.15, 0.2) is 5.16 Å². The molecule has 0 saturated heterocycles. The minimum atomic E-state index is 0.518. The molecule has 2 aromatic heterocycles. The van der Waals surface area contributed by atoms with Gasteiger partial charge in [-0.15, -0.1) is 0 Å². The normalized spacial score (nSPS) is 10.7. The van der Waals surface area contributed by atoms with Crippen LogP contribution in [0.3, 0.4) is 0 Å². The first-order valence-corrected chi connectivity index (χ1v) is 6.56. The van der Waals surface area contributed by atoms with Gasteiger partial charge in [0.2, 0.25) is 0 Å². The zero-order valence-corrected chi connectivity index (χ0v) is 11.6. The first-order valence-electron chi connectivity index (χ1n) is 5.74. The van der Waals surface area contributed by atoms with Gasteiger partial charge in [0.25, 0.3) is 0 Å². The average Bonchev–Trinajstić information content (AvgIpc) is 2.26. The predicted molar refractivity (Wildman–Crippen MR) is 72.5 cm³/mol. The first kappa shape index (κ1) is 13.0. The summed E-state index contributed by atoms with van der Waals surface area (Å²) in [5.74, 6) is 0. The van der Waals surface area contributed by atoms with Crippen LogP contribution < -0.4 is 5.73 Å². The lowest BCUT2D eigenvalue weighted by molar-refractivity contribution is 0.895. The van der Waals surface area contributed by atoms with Crippen LogP contribution in [-0.2, 0) is 6.54 Å². The van der Waals surface area contributed by atoms with Crippen LogP contribution in [0.1, 0.15) is 22.6 Å². The van der Waals surface area contributed by atoms with Crippen molar-refractivity contribution in [3.05, 3.63) is 40.8 Å². The van der Waals surface area contributed by atoms with E-state index in [1.807, 2.05) is 39.0 Å². The number of hydrogen-bond donors (Lipinski definition) is 1. The quantitative estimate of drug-likeness (QED) is 0.858. The summed E-state index contributed by atoms with van der Waals surface area (Å²) in [6.07, 6.45) is 0. The van der Waals surface area contributed by atoms with Crippen molar-refractivity contribution in [2.75, 3.05) is 0 Å². The summed E-state index contributed by atoms with van der Waals surface area (Å²) in [5, 5.41) is 1.62. The van der Waals surface area contributed by atoms with E-state index in [0.717, 1.165) is 32.8 Å². The standard InChI is InChI=1S/C13H16N4S/c1-8-4-9(2)17-13(16-8)18-12-6-11(7-14)5-10(3)15-12/h4-6H,7,14H2,1-3H3. The zero-order valence-electron chi connectivity index (χ0n) is 10.8. The second-order valence-corrected chi connectivity index (χ2v) is 5.18. The van der Waals surface area contributed by atoms with Crippen LogP contribution in [0.25, 0.3) is 0 Å². The van der Waals surface area contributed by atoms with E-state index in [4.69, 9.17) is 5.73 Å². The zero-order chi connectivity index (χ0) is 13.1. The average molecular weight is 260 g/mol. The summed E-state index contributed by atoms with van der Waals surface area (Å²) < 4.78 is 0. The Bertz CT molecular complexity index is 549. The van der Waals surface area contributed by atoms with Crippen LogP contribution in [0.15, 0.2) is 28.4 Å². The molecule has 5 heteroatoms. The molecule has 0 atom stereocenters. The van der Waals surface area contributed by atoms with Gasteiger partial charge in [-0.1, -0.05) is 0 Å². The third kappa shape index (κ3) is 3.27. The fraction of sp³-hybridized carbons (Fsp3) is 0.308. The minimum Gasteiger partial charge on any atom is -0.326 e. The van der Waals surface area contributed by atoms with Crippen molar-refractivity contribution in [3.8, 4) is 0 Å². The molecule has 4 nitrogen and oxygen atoms in total. The molecule has 2 heterocycles. The van der Waals surface area contributed by atoms with E-state index in [2.05, 4.69) is 15.0 Å². The molecule has 0 fully saturated rings. The van der Waals surface area contributed by atoms with Gasteiger partial charge in [0, 0.05) is 23.6 Å². The van der Waals surface area contributed by atoms with Crippen molar-refractivity contribution in [3.63, 3.8) is 0 Å². The maximum Gasteiger partial charge on any atom is 0.194 e. The monoisotopic (exact) mass is 260 g/mol. The Morgan fingerprint density at radius 3 is 2.17 bits per heavy atom. The van der Waals surface area contributed by atoms with E-state index in [-0.39, 0.29) is 0 Å². The summed E-state index contributed by atoms with van der Waals surface area (Å²) in [7, 11) is 0. The maximum absolute atomic E-state index is 5.66. The third-order valence-corrected chi connectivity index (χ3v) is 3.17. The van der Waals surface area contributed by atoms with Crippen LogP contribution in [0, 0.1) is 20.8 Å². The summed E-state index contributed by atoms with van der Waals surface area (Å²) in [6.45, 7) is 6.41. The fourth-order valence-corrected chi connectivity index (χ4v) is 2.68. The number of nitrogens with two attached hydrogens (primary N) is 1. The summed E-state index contributed by atoms with van der Waals surface area (Å²) in [6, 6.07) is 5.93. The van der Waals surface area contributed by atoms with Gasteiger partial charge < -0.3 is 5.73 Å². The van der Waals surface area contributed by atoms with E-state index in [9.17, 15) is 0 Å². The SMILES string of the molecule is Cc1cc(CN)cc(Sc2nc(C)cc(C)n2)n1. The Morgan fingerprint density at radius 2 is 1.56 bits per heavy atom. The van der Waals surface area contributed by atoms with Gasteiger partial charge in [-0.2, -0.15) is 0 Å². The molecule has 0 aromatic carbocycles. The topological polar surface area (TPSA) is 64.7 Å². The smallest absolute Gasteiger partial charge is 0.194 e. The number of hydrogen-bond acceptors (Lipinski definition) is 5. The Morgan fingerprint density at radius 1 is 0.944 bits per heavy atom. The van der Waals surface area contributed by atoms with Crippen LogP contribution in [-0.4, -0.2) is 15.0 Å². The van der Waals surface area contributed by atoms with Crippen molar-refractivity contribution in [2.45, 2.75) is 37.5 Å². The van der Waals surface area contributed by atoms with Crippen molar-refractivity contribution in [1.82, 2.24) is 15.0 Å². The molecule has 0 aliphatic heterocycles. The molecule has 2 rings (SSSR count). The maximum atomic E-state index is 5.66. The Hall–Kier alpha value is -1.46. The molecule has 0 aliphatic rings. The van der Waals surface area contributed by atoms with Gasteiger partial charge in [0.1, 0.15) is 5.03 Å². The third-order valence-electron chi connectivity index (χ3n) is 2.38. The van der Waals surface area contributed by atoms with Crippen LogP contribution in [0.4, 0.5) is 0 Å². The van der Waals surface area contributed by atoms with Crippen LogP contribution >= 0.6 is 11.8 Å². The molecule has 0 saturated carbocycles. The van der Waals surface area contributed by atoms with Crippen molar-refractivity contribution >= 4 is 11.8 Å². The molecule has 2 N–H and O–H groups in total. The Balaban J connectivity index is 2.30. The molecule has 0 aliphatic carbocycles. The molecule has 0 amide bonds. The lowest BCUT2D eigenvalue weighted by Crippen LogP contribution is -1.99.